The predicted octanol–water partition coefficient (Wildman–Crippen LogP) is 5.37. The number of esters is 1. The monoisotopic (exact) mass is 467 g/mol. The number of carbonyl (C=O) groups excluding carboxylic acids is 2. The summed E-state index contributed by atoms with van der Waals surface area (Å²) in [6.45, 7) is 8.67. The first-order chi connectivity index (χ1) is 15.9. The van der Waals surface area contributed by atoms with Crippen LogP contribution in [0.4, 0.5) is 17.1 Å². The number of hydrogen-bond acceptors (Lipinski definition) is 7. The van der Waals surface area contributed by atoms with Gasteiger partial charge in [-0.1, -0.05) is 11.8 Å². The maximum atomic E-state index is 12.5. The molecule has 7 nitrogen and oxygen atoms in total. The van der Waals surface area contributed by atoms with Gasteiger partial charge in [-0.3, -0.25) is 9.59 Å². The van der Waals surface area contributed by atoms with E-state index in [0.717, 1.165) is 28.3 Å². The third kappa shape index (κ3) is 7.12. The number of amides is 1. The average Bonchev–Trinajstić information content (AvgIpc) is 2.93. The van der Waals surface area contributed by atoms with E-state index in [0.29, 0.717) is 29.6 Å². The van der Waals surface area contributed by atoms with Crippen molar-refractivity contribution < 1.29 is 19.1 Å². The number of fused-ring (bicyclic) bond motifs is 1. The lowest BCUT2D eigenvalue weighted by molar-refractivity contribution is -0.142. The van der Waals surface area contributed by atoms with Gasteiger partial charge in [0.1, 0.15) is 5.75 Å². The van der Waals surface area contributed by atoms with Gasteiger partial charge in [0, 0.05) is 11.4 Å². The molecule has 0 fully saturated rings. The summed E-state index contributed by atoms with van der Waals surface area (Å²) in [5.41, 5.74) is 5.20. The maximum Gasteiger partial charge on any atom is 0.311 e. The molecule has 1 amide bonds. The van der Waals surface area contributed by atoms with Gasteiger partial charge in [0.15, 0.2) is 0 Å². The molecule has 8 heteroatoms. The van der Waals surface area contributed by atoms with Gasteiger partial charge in [0.25, 0.3) is 0 Å². The molecule has 1 aliphatic heterocycles. The number of aliphatic imine (C=N–C) groups is 1. The molecule has 3 rings (SSSR count). The number of benzene rings is 2. The summed E-state index contributed by atoms with van der Waals surface area (Å²) >= 11 is 1.31. The minimum atomic E-state index is -0.318. The molecular weight excluding hydrogens is 438 g/mol. The zero-order chi connectivity index (χ0) is 23.8. The van der Waals surface area contributed by atoms with Gasteiger partial charge < -0.3 is 20.1 Å². The van der Waals surface area contributed by atoms with Crippen molar-refractivity contribution in [2.45, 2.75) is 34.1 Å². The Morgan fingerprint density at radius 3 is 2.48 bits per heavy atom. The Bertz CT molecular complexity index is 1080. The quantitative estimate of drug-likeness (QED) is 0.508. The standard InChI is InChI=1S/C25H29N3O4S/c1-5-31-20-9-7-18(8-10-20)27-23(29)15-33-24-13-19(14-25(30)32-6-2)26-21-11-16(3)17(4)12-22(21)28-24/h7-13,26H,5-6,14-15H2,1-4H3,(H,27,29). The van der Waals surface area contributed by atoms with E-state index in [1.165, 1.54) is 11.8 Å². The smallest absolute Gasteiger partial charge is 0.311 e. The summed E-state index contributed by atoms with van der Waals surface area (Å²) in [6, 6.07) is 11.3. The summed E-state index contributed by atoms with van der Waals surface area (Å²) in [7, 11) is 0. The first kappa shape index (κ1) is 24.4. The van der Waals surface area contributed by atoms with E-state index in [4.69, 9.17) is 14.5 Å². The lowest BCUT2D eigenvalue weighted by Crippen LogP contribution is -2.15. The zero-order valence-electron chi connectivity index (χ0n) is 19.4. The molecule has 0 saturated carbocycles. The second kappa shape index (κ2) is 11.6. The Morgan fingerprint density at radius 2 is 1.79 bits per heavy atom. The van der Waals surface area contributed by atoms with E-state index in [1.807, 2.05) is 45.0 Å². The van der Waals surface area contributed by atoms with Crippen LogP contribution in [0.25, 0.3) is 0 Å². The van der Waals surface area contributed by atoms with Crippen LogP contribution in [0.15, 0.2) is 53.2 Å². The van der Waals surface area contributed by atoms with Crippen molar-refractivity contribution in [1.29, 1.82) is 0 Å². The Kier molecular flexibility index (Phi) is 8.54. The first-order valence-corrected chi connectivity index (χ1v) is 11.8. The predicted molar refractivity (Wildman–Crippen MR) is 135 cm³/mol. The molecule has 0 aromatic heterocycles. The van der Waals surface area contributed by atoms with Crippen molar-refractivity contribution in [3.8, 4) is 5.75 Å². The number of ether oxygens (including phenoxy) is 2. The lowest BCUT2D eigenvalue weighted by atomic mass is 10.1. The molecular formula is C25H29N3O4S. The highest BCUT2D eigenvalue weighted by Crippen LogP contribution is 2.34. The van der Waals surface area contributed by atoms with Crippen LogP contribution in [0.2, 0.25) is 0 Å². The van der Waals surface area contributed by atoms with Gasteiger partial charge in [-0.2, -0.15) is 0 Å². The molecule has 33 heavy (non-hydrogen) atoms. The lowest BCUT2D eigenvalue weighted by Gasteiger charge is -2.12. The van der Waals surface area contributed by atoms with Gasteiger partial charge in [-0.25, -0.2) is 4.99 Å². The van der Waals surface area contributed by atoms with Gasteiger partial charge in [0.05, 0.1) is 41.8 Å². The van der Waals surface area contributed by atoms with Crippen LogP contribution in [0.3, 0.4) is 0 Å². The van der Waals surface area contributed by atoms with Crippen molar-refractivity contribution in [3.05, 3.63) is 59.3 Å². The fraction of sp³-hybridized carbons (Fsp3) is 0.320. The number of nitrogens with one attached hydrogen (secondary N) is 2. The maximum absolute atomic E-state index is 12.5. The third-order valence-electron chi connectivity index (χ3n) is 4.88. The summed E-state index contributed by atoms with van der Waals surface area (Å²) in [6.07, 6.45) is 1.90. The molecule has 0 atom stereocenters. The van der Waals surface area contributed by atoms with Crippen LogP contribution < -0.4 is 15.4 Å². The topological polar surface area (TPSA) is 89.0 Å². The molecule has 0 unspecified atom stereocenters. The number of rotatable bonds is 8. The van der Waals surface area contributed by atoms with E-state index in [9.17, 15) is 9.59 Å². The molecule has 2 N–H and O–H groups in total. The SMILES string of the molecule is CCOC(=O)CC1=CC(SCC(=O)Nc2ccc(OCC)cc2)=Nc2cc(C)c(C)cc2N1. The highest BCUT2D eigenvalue weighted by molar-refractivity contribution is 8.14. The Morgan fingerprint density at radius 1 is 1.06 bits per heavy atom. The number of aryl methyl sites for hydroxylation is 2. The van der Waals surface area contributed by atoms with E-state index < -0.39 is 0 Å². The van der Waals surface area contributed by atoms with E-state index >= 15 is 0 Å². The summed E-state index contributed by atoms with van der Waals surface area (Å²) in [5, 5.41) is 6.84. The van der Waals surface area contributed by atoms with Crippen LogP contribution >= 0.6 is 11.8 Å². The largest absolute Gasteiger partial charge is 0.494 e. The van der Waals surface area contributed by atoms with Crippen LogP contribution in [0.1, 0.15) is 31.4 Å². The molecule has 0 radical (unpaired) electrons. The molecule has 2 aromatic rings. The molecule has 0 aliphatic carbocycles. The Labute approximate surface area is 198 Å². The molecule has 0 saturated heterocycles. The van der Waals surface area contributed by atoms with E-state index in [1.54, 1.807) is 25.1 Å². The number of carbonyl (C=O) groups is 2. The summed E-state index contributed by atoms with van der Waals surface area (Å²) in [4.78, 5) is 29.3. The van der Waals surface area contributed by atoms with Gasteiger partial charge in [0.2, 0.25) is 5.91 Å². The summed E-state index contributed by atoms with van der Waals surface area (Å²) in [5.74, 6) is 0.467. The van der Waals surface area contributed by atoms with Crippen LogP contribution in [-0.4, -0.2) is 35.9 Å². The van der Waals surface area contributed by atoms with Crippen molar-refractivity contribution >= 4 is 45.7 Å². The fourth-order valence-corrected chi connectivity index (χ4v) is 3.92. The highest BCUT2D eigenvalue weighted by Gasteiger charge is 2.17. The Balaban J connectivity index is 1.73. The second-order valence-electron chi connectivity index (χ2n) is 7.47. The molecule has 0 spiro atoms. The number of thioether (sulfide) groups is 1. The first-order valence-electron chi connectivity index (χ1n) is 10.9. The fourth-order valence-electron chi connectivity index (χ4n) is 3.18. The van der Waals surface area contributed by atoms with Crippen molar-refractivity contribution in [2.75, 3.05) is 29.6 Å². The zero-order valence-corrected chi connectivity index (χ0v) is 20.2. The van der Waals surface area contributed by atoms with Crippen molar-refractivity contribution in [1.82, 2.24) is 0 Å². The van der Waals surface area contributed by atoms with Gasteiger partial charge in [-0.15, -0.1) is 0 Å². The minimum absolute atomic E-state index is 0.0954. The average molecular weight is 468 g/mol. The van der Waals surface area contributed by atoms with Crippen molar-refractivity contribution in [3.63, 3.8) is 0 Å². The van der Waals surface area contributed by atoms with E-state index in [2.05, 4.69) is 10.6 Å². The number of hydrogen-bond donors (Lipinski definition) is 2. The van der Waals surface area contributed by atoms with Crippen molar-refractivity contribution in [2.24, 2.45) is 4.99 Å². The van der Waals surface area contributed by atoms with Crippen LogP contribution in [-0.2, 0) is 14.3 Å². The Hall–Kier alpha value is -3.26. The molecule has 2 aromatic carbocycles. The normalized spacial score (nSPS) is 12.5. The molecule has 1 heterocycles. The van der Waals surface area contributed by atoms with Gasteiger partial charge >= 0.3 is 5.97 Å². The number of nitrogens with zero attached hydrogens (tertiary/aromatic N) is 1. The molecule has 174 valence electrons. The third-order valence-corrected chi connectivity index (χ3v) is 5.79. The number of anilines is 2. The minimum Gasteiger partial charge on any atom is -0.494 e. The molecule has 1 aliphatic rings. The van der Waals surface area contributed by atoms with E-state index in [-0.39, 0.29) is 24.1 Å². The highest BCUT2D eigenvalue weighted by atomic mass is 32.2. The molecule has 0 bridgehead atoms. The van der Waals surface area contributed by atoms with Crippen LogP contribution in [0.5, 0.6) is 5.75 Å². The second-order valence-corrected chi connectivity index (χ2v) is 8.47. The van der Waals surface area contributed by atoms with Gasteiger partial charge in [-0.05, 0) is 81.3 Å². The summed E-state index contributed by atoms with van der Waals surface area (Å²) < 4.78 is 10.5. The van der Waals surface area contributed by atoms with Crippen LogP contribution in [0, 0.1) is 13.8 Å².